The minimum Gasteiger partial charge on any atom is -0.493 e. The molecule has 0 bridgehead atoms. The molecule has 0 atom stereocenters. The maximum atomic E-state index is 8.45. The van der Waals surface area contributed by atoms with Crippen molar-refractivity contribution in [1.29, 1.82) is 0 Å². The number of aliphatic imine (C=N–C) groups is 1. The van der Waals surface area contributed by atoms with Gasteiger partial charge in [-0.2, -0.15) is 0 Å². The van der Waals surface area contributed by atoms with Gasteiger partial charge in [0.2, 0.25) is 5.96 Å². The summed E-state index contributed by atoms with van der Waals surface area (Å²) >= 11 is 0. The van der Waals surface area contributed by atoms with Gasteiger partial charge in [0.25, 0.3) is 0 Å². The van der Waals surface area contributed by atoms with E-state index in [2.05, 4.69) is 4.99 Å². The Kier molecular flexibility index (Phi) is 4.41. The lowest BCUT2D eigenvalue weighted by Crippen LogP contribution is -2.28. The Morgan fingerprint density at radius 3 is 2.62 bits per heavy atom. The normalized spacial score (nSPS) is 11.1. The first kappa shape index (κ1) is 12.1. The molecule has 0 saturated heterocycles. The van der Waals surface area contributed by atoms with E-state index in [0.717, 1.165) is 5.56 Å². The van der Waals surface area contributed by atoms with Crippen LogP contribution in [0.4, 0.5) is 0 Å². The zero-order valence-electron chi connectivity index (χ0n) is 9.23. The van der Waals surface area contributed by atoms with Crippen LogP contribution < -0.4 is 20.7 Å². The Labute approximate surface area is 93.7 Å². The molecule has 1 rings (SSSR count). The molecule has 88 valence electrons. The zero-order chi connectivity index (χ0) is 12.0. The van der Waals surface area contributed by atoms with Crippen molar-refractivity contribution in [1.82, 2.24) is 5.48 Å². The Hall–Kier alpha value is -1.95. The number of hydrogen-bond acceptors (Lipinski definition) is 4. The van der Waals surface area contributed by atoms with Crippen LogP contribution in [0.15, 0.2) is 23.2 Å². The van der Waals surface area contributed by atoms with Gasteiger partial charge in [-0.1, -0.05) is 6.07 Å². The molecule has 1 aromatic carbocycles. The first-order valence-electron chi connectivity index (χ1n) is 4.62. The van der Waals surface area contributed by atoms with Gasteiger partial charge in [0.05, 0.1) is 20.8 Å². The molecule has 1 aromatic rings. The lowest BCUT2D eigenvalue weighted by atomic mass is 10.2. The van der Waals surface area contributed by atoms with Crippen molar-refractivity contribution in [3.63, 3.8) is 0 Å². The highest BCUT2D eigenvalue weighted by Crippen LogP contribution is 2.27. The molecule has 0 aliphatic heterocycles. The average molecular weight is 225 g/mol. The molecule has 0 aliphatic carbocycles. The minimum atomic E-state index is -0.0326. The molecule has 0 heterocycles. The van der Waals surface area contributed by atoms with E-state index < -0.39 is 0 Å². The van der Waals surface area contributed by atoms with Gasteiger partial charge in [-0.25, -0.2) is 10.5 Å². The van der Waals surface area contributed by atoms with Crippen LogP contribution in [-0.4, -0.2) is 25.4 Å². The molecular weight excluding hydrogens is 210 g/mol. The monoisotopic (exact) mass is 225 g/mol. The lowest BCUT2D eigenvalue weighted by Gasteiger charge is -2.08. The van der Waals surface area contributed by atoms with E-state index in [4.69, 9.17) is 20.4 Å². The van der Waals surface area contributed by atoms with Gasteiger partial charge in [0.15, 0.2) is 11.5 Å². The maximum absolute atomic E-state index is 8.45. The van der Waals surface area contributed by atoms with Gasteiger partial charge in [-0.15, -0.1) is 0 Å². The average Bonchev–Trinajstić information content (AvgIpc) is 2.35. The van der Waals surface area contributed by atoms with Crippen LogP contribution in [0, 0.1) is 0 Å². The molecule has 0 amide bonds. The smallest absolute Gasteiger partial charge is 0.213 e. The second-order valence-electron chi connectivity index (χ2n) is 3.00. The fourth-order valence-electron chi connectivity index (χ4n) is 1.19. The Morgan fingerprint density at radius 1 is 1.38 bits per heavy atom. The van der Waals surface area contributed by atoms with Crippen LogP contribution >= 0.6 is 0 Å². The van der Waals surface area contributed by atoms with Gasteiger partial charge in [-0.3, -0.25) is 5.21 Å². The quantitative estimate of drug-likeness (QED) is 0.394. The fraction of sp³-hybridized carbons (Fsp3) is 0.300. The first-order chi connectivity index (χ1) is 7.71. The van der Waals surface area contributed by atoms with Gasteiger partial charge >= 0.3 is 0 Å². The van der Waals surface area contributed by atoms with Crippen LogP contribution in [0.25, 0.3) is 0 Å². The summed E-state index contributed by atoms with van der Waals surface area (Å²) in [5.41, 5.74) is 7.94. The largest absolute Gasteiger partial charge is 0.493 e. The van der Waals surface area contributed by atoms with E-state index in [1.165, 1.54) is 0 Å². The van der Waals surface area contributed by atoms with Crippen LogP contribution in [0.5, 0.6) is 11.5 Å². The van der Waals surface area contributed by atoms with E-state index in [-0.39, 0.29) is 5.96 Å². The lowest BCUT2D eigenvalue weighted by molar-refractivity contribution is 0.232. The second kappa shape index (κ2) is 5.82. The number of guanidine groups is 1. The van der Waals surface area contributed by atoms with Crippen LogP contribution in [0.3, 0.4) is 0 Å². The summed E-state index contributed by atoms with van der Waals surface area (Å²) in [6.07, 6.45) is 0. The minimum absolute atomic E-state index is 0.0326. The number of ether oxygens (including phenoxy) is 2. The third-order valence-electron chi connectivity index (χ3n) is 1.99. The van der Waals surface area contributed by atoms with Crippen molar-refractivity contribution in [2.45, 2.75) is 6.54 Å². The predicted octanol–water partition coefficient (Wildman–Crippen LogP) is 0.497. The highest BCUT2D eigenvalue weighted by molar-refractivity contribution is 5.76. The molecule has 16 heavy (non-hydrogen) atoms. The zero-order valence-corrected chi connectivity index (χ0v) is 9.23. The Morgan fingerprint density at radius 2 is 2.06 bits per heavy atom. The number of nitrogens with one attached hydrogen (secondary N) is 1. The molecule has 0 fully saturated rings. The Balaban J connectivity index is 2.83. The molecule has 6 heteroatoms. The van der Waals surface area contributed by atoms with Crippen molar-refractivity contribution in [3.05, 3.63) is 23.8 Å². The van der Waals surface area contributed by atoms with Gasteiger partial charge in [0.1, 0.15) is 0 Å². The van der Waals surface area contributed by atoms with Crippen molar-refractivity contribution in [2.75, 3.05) is 14.2 Å². The highest BCUT2D eigenvalue weighted by atomic mass is 16.5. The van der Waals surface area contributed by atoms with E-state index in [1.807, 2.05) is 6.07 Å². The van der Waals surface area contributed by atoms with E-state index in [1.54, 1.807) is 31.8 Å². The van der Waals surface area contributed by atoms with Gasteiger partial charge < -0.3 is 15.2 Å². The number of methoxy groups -OCH3 is 2. The molecule has 0 radical (unpaired) electrons. The number of nitrogens with zero attached hydrogens (tertiary/aromatic N) is 1. The third kappa shape index (κ3) is 3.03. The SMILES string of the molecule is COc1ccc(CN=C(N)NO)cc1OC. The summed E-state index contributed by atoms with van der Waals surface area (Å²) in [6.45, 7) is 0.347. The molecule has 0 aliphatic rings. The summed E-state index contributed by atoms with van der Waals surface area (Å²) in [6, 6.07) is 5.43. The van der Waals surface area contributed by atoms with Crippen molar-refractivity contribution in [2.24, 2.45) is 10.7 Å². The maximum Gasteiger partial charge on any atom is 0.213 e. The summed E-state index contributed by atoms with van der Waals surface area (Å²) in [5, 5.41) is 8.45. The van der Waals surface area contributed by atoms with Crippen molar-refractivity contribution < 1.29 is 14.7 Å². The first-order valence-corrected chi connectivity index (χ1v) is 4.62. The molecule has 0 spiro atoms. The van der Waals surface area contributed by atoms with Gasteiger partial charge in [0, 0.05) is 0 Å². The van der Waals surface area contributed by atoms with Crippen molar-refractivity contribution in [3.8, 4) is 11.5 Å². The number of benzene rings is 1. The van der Waals surface area contributed by atoms with E-state index in [0.29, 0.717) is 18.0 Å². The van der Waals surface area contributed by atoms with E-state index in [9.17, 15) is 0 Å². The molecule has 0 saturated carbocycles. The highest BCUT2D eigenvalue weighted by Gasteiger charge is 2.03. The Bertz CT molecular complexity index is 380. The van der Waals surface area contributed by atoms with Crippen LogP contribution in [0.1, 0.15) is 5.56 Å². The second-order valence-corrected chi connectivity index (χ2v) is 3.00. The summed E-state index contributed by atoms with van der Waals surface area (Å²) in [5.74, 6) is 1.25. The van der Waals surface area contributed by atoms with Gasteiger partial charge in [-0.05, 0) is 17.7 Å². The molecule has 0 aromatic heterocycles. The number of hydrogen-bond donors (Lipinski definition) is 3. The number of rotatable bonds is 4. The fourth-order valence-corrected chi connectivity index (χ4v) is 1.19. The molecule has 4 N–H and O–H groups in total. The summed E-state index contributed by atoms with van der Waals surface area (Å²) < 4.78 is 10.2. The number of nitrogens with two attached hydrogens (primary N) is 1. The van der Waals surface area contributed by atoms with Crippen molar-refractivity contribution >= 4 is 5.96 Å². The topological polar surface area (TPSA) is 89.1 Å². The summed E-state index contributed by atoms with van der Waals surface area (Å²) in [7, 11) is 3.14. The standard InChI is InChI=1S/C10H15N3O3/c1-15-8-4-3-7(5-9(8)16-2)6-12-10(11)13-14/h3-5,14H,6H2,1-2H3,(H3,11,12,13). The van der Waals surface area contributed by atoms with E-state index >= 15 is 0 Å². The molecule has 0 unspecified atom stereocenters. The molecular formula is C10H15N3O3. The van der Waals surface area contributed by atoms with Crippen LogP contribution in [-0.2, 0) is 6.54 Å². The number of hydroxylamine groups is 1. The predicted molar refractivity (Wildman–Crippen MR) is 59.8 cm³/mol. The van der Waals surface area contributed by atoms with Crippen LogP contribution in [0.2, 0.25) is 0 Å². The molecule has 6 nitrogen and oxygen atoms in total. The summed E-state index contributed by atoms with van der Waals surface area (Å²) in [4.78, 5) is 3.88. The third-order valence-corrected chi connectivity index (χ3v) is 1.99.